The van der Waals surface area contributed by atoms with Crippen LogP contribution in [0.3, 0.4) is 0 Å². The molecule has 3 amide bonds. The second-order valence-electron chi connectivity index (χ2n) is 9.07. The summed E-state index contributed by atoms with van der Waals surface area (Å²) >= 11 is 0.907. The van der Waals surface area contributed by atoms with Gasteiger partial charge in [-0.2, -0.15) is 0 Å². The van der Waals surface area contributed by atoms with E-state index < -0.39 is 0 Å². The third-order valence-electron chi connectivity index (χ3n) is 6.17. The van der Waals surface area contributed by atoms with E-state index in [0.29, 0.717) is 27.7 Å². The summed E-state index contributed by atoms with van der Waals surface area (Å²) < 4.78 is 11.1. The molecule has 1 aliphatic rings. The van der Waals surface area contributed by atoms with Gasteiger partial charge >= 0.3 is 0 Å². The molecule has 7 nitrogen and oxygen atoms in total. The molecule has 39 heavy (non-hydrogen) atoms. The first kappa shape index (κ1) is 26.1. The van der Waals surface area contributed by atoms with Gasteiger partial charge < -0.3 is 14.8 Å². The van der Waals surface area contributed by atoms with Crippen molar-refractivity contribution < 1.29 is 23.9 Å². The van der Waals surface area contributed by atoms with Gasteiger partial charge in [-0.1, -0.05) is 54.6 Å². The molecule has 0 bridgehead atoms. The average molecular weight is 539 g/mol. The molecule has 1 aliphatic heterocycles. The smallest absolute Gasteiger partial charge is 0.293 e. The maximum atomic E-state index is 13.1. The number of aryl methyl sites for hydroxylation is 1. The number of hydrogen-bond acceptors (Lipinski definition) is 6. The number of ether oxygens (including phenoxy) is 2. The molecule has 0 saturated carbocycles. The van der Waals surface area contributed by atoms with Crippen LogP contribution < -0.4 is 14.8 Å². The Hall–Kier alpha value is -4.56. The van der Waals surface area contributed by atoms with Gasteiger partial charge in [0.15, 0.2) is 18.1 Å². The predicted molar refractivity (Wildman–Crippen MR) is 154 cm³/mol. The van der Waals surface area contributed by atoms with Crippen molar-refractivity contribution in [2.45, 2.75) is 13.5 Å². The highest BCUT2D eigenvalue weighted by Gasteiger charge is 2.35. The number of benzene rings is 4. The number of hydrogen-bond donors (Lipinski definition) is 1. The summed E-state index contributed by atoms with van der Waals surface area (Å²) in [5.41, 5.74) is 3.28. The number of carbonyl (C=O) groups excluding carboxylic acids is 3. The van der Waals surface area contributed by atoms with Gasteiger partial charge in [0.1, 0.15) is 0 Å². The lowest BCUT2D eigenvalue weighted by Crippen LogP contribution is -2.27. The summed E-state index contributed by atoms with van der Waals surface area (Å²) in [6.07, 6.45) is 1.65. The first-order chi connectivity index (χ1) is 18.9. The number of thioether (sulfide) groups is 1. The summed E-state index contributed by atoms with van der Waals surface area (Å²) in [7, 11) is 1.50. The van der Waals surface area contributed by atoms with Crippen molar-refractivity contribution in [3.8, 4) is 11.5 Å². The number of rotatable bonds is 8. The number of fused-ring (bicyclic) bond motifs is 1. The monoisotopic (exact) mass is 538 g/mol. The van der Waals surface area contributed by atoms with Gasteiger partial charge in [0, 0.05) is 5.69 Å². The average Bonchev–Trinajstić information content (AvgIpc) is 3.19. The van der Waals surface area contributed by atoms with E-state index >= 15 is 0 Å². The second-order valence-corrected chi connectivity index (χ2v) is 10.1. The molecule has 8 heteroatoms. The van der Waals surface area contributed by atoms with E-state index in [0.717, 1.165) is 33.7 Å². The molecule has 0 spiro atoms. The van der Waals surface area contributed by atoms with E-state index in [1.165, 1.54) is 12.0 Å². The zero-order chi connectivity index (χ0) is 27.4. The van der Waals surface area contributed by atoms with Crippen LogP contribution >= 0.6 is 11.8 Å². The first-order valence-electron chi connectivity index (χ1n) is 12.3. The maximum absolute atomic E-state index is 13.1. The Labute approximate surface area is 230 Å². The van der Waals surface area contributed by atoms with Crippen molar-refractivity contribution in [3.05, 3.63) is 107 Å². The van der Waals surface area contributed by atoms with Crippen molar-refractivity contribution in [1.29, 1.82) is 0 Å². The molecule has 0 unspecified atom stereocenters. The number of nitrogens with one attached hydrogen (secondary N) is 1. The molecular weight excluding hydrogens is 512 g/mol. The molecule has 5 rings (SSSR count). The fraction of sp³-hybridized carbons (Fsp3) is 0.129. The lowest BCUT2D eigenvalue weighted by molar-refractivity contribution is -0.123. The number of nitrogens with zero attached hydrogens (tertiary/aromatic N) is 1. The maximum Gasteiger partial charge on any atom is 0.293 e. The number of imide groups is 1. The van der Waals surface area contributed by atoms with E-state index in [4.69, 9.17) is 9.47 Å². The summed E-state index contributed by atoms with van der Waals surface area (Å²) in [5, 5.41) is 4.64. The van der Waals surface area contributed by atoms with E-state index in [1.807, 2.05) is 73.7 Å². The van der Waals surface area contributed by atoms with Gasteiger partial charge in [-0.3, -0.25) is 19.3 Å². The molecule has 0 radical (unpaired) electrons. The Morgan fingerprint density at radius 1 is 0.923 bits per heavy atom. The van der Waals surface area contributed by atoms with Crippen LogP contribution in [0.1, 0.15) is 16.7 Å². The third-order valence-corrected chi connectivity index (χ3v) is 7.08. The van der Waals surface area contributed by atoms with Crippen molar-refractivity contribution in [1.82, 2.24) is 4.90 Å². The largest absolute Gasteiger partial charge is 0.493 e. The predicted octanol–water partition coefficient (Wildman–Crippen LogP) is 6.41. The van der Waals surface area contributed by atoms with Gasteiger partial charge in [0.2, 0.25) is 0 Å². The van der Waals surface area contributed by atoms with Crippen LogP contribution in [-0.4, -0.2) is 35.7 Å². The first-order valence-corrected chi connectivity index (χ1v) is 13.1. The summed E-state index contributed by atoms with van der Waals surface area (Å²) in [6.45, 7) is 1.95. The molecule has 4 aromatic carbocycles. The third kappa shape index (κ3) is 6.13. The highest BCUT2D eigenvalue weighted by atomic mass is 32.2. The van der Waals surface area contributed by atoms with Crippen LogP contribution in [-0.2, 0) is 16.1 Å². The summed E-state index contributed by atoms with van der Waals surface area (Å²) in [6, 6.07) is 26.5. The summed E-state index contributed by atoms with van der Waals surface area (Å²) in [4.78, 5) is 39.7. The normalized spacial score (nSPS) is 14.2. The fourth-order valence-electron chi connectivity index (χ4n) is 4.26. The van der Waals surface area contributed by atoms with E-state index in [9.17, 15) is 14.4 Å². The molecular formula is C31H26N2O5S. The zero-order valence-electron chi connectivity index (χ0n) is 21.5. The fourth-order valence-corrected chi connectivity index (χ4v) is 5.10. The SMILES string of the molecule is COc1cc(/C=C2\SC(=O)N(Cc3ccc4ccccc4c3)C2=O)ccc1OCC(=O)Nc1cccc(C)c1. The van der Waals surface area contributed by atoms with Gasteiger partial charge in [-0.05, 0) is 82.6 Å². The molecule has 0 aliphatic carbocycles. The molecule has 0 atom stereocenters. The minimum Gasteiger partial charge on any atom is -0.493 e. The standard InChI is InChI=1S/C31H26N2O5S/c1-20-6-5-9-25(14-20)32-29(34)19-38-26-13-11-21(16-27(26)37-2)17-28-30(35)33(31(36)39-28)18-22-10-12-23-7-3-4-8-24(23)15-22/h3-17H,18-19H2,1-2H3,(H,32,34)/b28-17-. The van der Waals surface area contributed by atoms with E-state index in [2.05, 4.69) is 5.32 Å². The number of amides is 3. The lowest BCUT2D eigenvalue weighted by Gasteiger charge is -2.13. The molecule has 1 saturated heterocycles. The molecule has 4 aromatic rings. The molecule has 0 aromatic heterocycles. The highest BCUT2D eigenvalue weighted by Crippen LogP contribution is 2.35. The van der Waals surface area contributed by atoms with Crippen molar-refractivity contribution in [2.75, 3.05) is 19.0 Å². The van der Waals surface area contributed by atoms with Crippen molar-refractivity contribution in [2.24, 2.45) is 0 Å². The van der Waals surface area contributed by atoms with Crippen molar-refractivity contribution >= 4 is 51.4 Å². The van der Waals surface area contributed by atoms with Gasteiger partial charge in [-0.25, -0.2) is 0 Å². The van der Waals surface area contributed by atoms with Crippen LogP contribution in [0.15, 0.2) is 89.8 Å². The minimum atomic E-state index is -0.342. The second kappa shape index (κ2) is 11.4. The molecule has 1 heterocycles. The zero-order valence-corrected chi connectivity index (χ0v) is 22.3. The summed E-state index contributed by atoms with van der Waals surface area (Å²) in [5.74, 6) is 0.151. The van der Waals surface area contributed by atoms with Crippen LogP contribution in [0.5, 0.6) is 11.5 Å². The van der Waals surface area contributed by atoms with Gasteiger partial charge in [-0.15, -0.1) is 0 Å². The number of methoxy groups -OCH3 is 1. The van der Waals surface area contributed by atoms with Crippen LogP contribution in [0.25, 0.3) is 16.8 Å². The topological polar surface area (TPSA) is 84.9 Å². The van der Waals surface area contributed by atoms with Crippen LogP contribution in [0.2, 0.25) is 0 Å². The van der Waals surface area contributed by atoms with Crippen molar-refractivity contribution in [3.63, 3.8) is 0 Å². The van der Waals surface area contributed by atoms with E-state index in [1.54, 1.807) is 24.3 Å². The molecule has 1 N–H and O–H groups in total. The Kier molecular flexibility index (Phi) is 7.65. The Morgan fingerprint density at radius 3 is 2.54 bits per heavy atom. The van der Waals surface area contributed by atoms with Crippen LogP contribution in [0.4, 0.5) is 10.5 Å². The minimum absolute atomic E-state index is 0.197. The Morgan fingerprint density at radius 2 is 1.74 bits per heavy atom. The van der Waals surface area contributed by atoms with Gasteiger partial charge in [0.05, 0.1) is 18.6 Å². The van der Waals surface area contributed by atoms with Gasteiger partial charge in [0.25, 0.3) is 17.1 Å². The quantitative estimate of drug-likeness (QED) is 0.261. The Bertz CT molecular complexity index is 1610. The number of carbonyl (C=O) groups is 3. The van der Waals surface area contributed by atoms with Crippen LogP contribution in [0, 0.1) is 6.92 Å². The number of anilines is 1. The lowest BCUT2D eigenvalue weighted by atomic mass is 10.1. The Balaban J connectivity index is 1.25. The molecule has 196 valence electrons. The highest BCUT2D eigenvalue weighted by molar-refractivity contribution is 8.18. The van der Waals surface area contributed by atoms with E-state index in [-0.39, 0.29) is 30.2 Å². The molecule has 1 fully saturated rings.